The van der Waals surface area contributed by atoms with Crippen LogP contribution in [0.5, 0.6) is 0 Å². The normalized spacial score (nSPS) is 12.0. The second kappa shape index (κ2) is 8.69. The Balaban J connectivity index is 2.11. The van der Waals surface area contributed by atoms with E-state index in [0.717, 1.165) is 16.6 Å². The van der Waals surface area contributed by atoms with Crippen LogP contribution in [0.4, 0.5) is 0 Å². The predicted molar refractivity (Wildman–Crippen MR) is 116 cm³/mol. The van der Waals surface area contributed by atoms with Gasteiger partial charge in [-0.2, -0.15) is 0 Å². The van der Waals surface area contributed by atoms with Crippen molar-refractivity contribution in [2.75, 3.05) is 0 Å². The number of carbonyl (C=O) groups is 2. The Kier molecular flexibility index (Phi) is 6.27. The third kappa shape index (κ3) is 4.62. The molecule has 1 N–H and O–H groups in total. The van der Waals surface area contributed by atoms with Crippen LogP contribution in [0.3, 0.4) is 0 Å². The topological polar surface area (TPSA) is 81.1 Å². The summed E-state index contributed by atoms with van der Waals surface area (Å²) < 4.78 is 2.42. The van der Waals surface area contributed by atoms with E-state index in [-0.39, 0.29) is 35.3 Å². The molecular formula is C22H22BrN3O3. The monoisotopic (exact) mass is 455 g/mol. The van der Waals surface area contributed by atoms with Gasteiger partial charge in [-0.25, -0.2) is 4.98 Å². The van der Waals surface area contributed by atoms with E-state index in [1.54, 1.807) is 41.0 Å². The minimum Gasteiger partial charge on any atom is -0.352 e. The van der Waals surface area contributed by atoms with Gasteiger partial charge in [-0.3, -0.25) is 14.4 Å². The van der Waals surface area contributed by atoms with Crippen molar-refractivity contribution in [3.8, 4) is 0 Å². The van der Waals surface area contributed by atoms with Crippen LogP contribution in [-0.2, 0) is 11.3 Å². The molecule has 1 aromatic carbocycles. The van der Waals surface area contributed by atoms with Crippen molar-refractivity contribution in [2.24, 2.45) is 0 Å². The molecule has 0 radical (unpaired) electrons. The van der Waals surface area contributed by atoms with Gasteiger partial charge < -0.3 is 9.88 Å². The van der Waals surface area contributed by atoms with Gasteiger partial charge >= 0.3 is 0 Å². The Bertz CT molecular complexity index is 1140. The summed E-state index contributed by atoms with van der Waals surface area (Å²) in [6, 6.07) is 10.2. The van der Waals surface area contributed by atoms with E-state index in [4.69, 9.17) is 0 Å². The zero-order chi connectivity index (χ0) is 21.1. The molecule has 0 unspecified atom stereocenters. The number of amides is 1. The summed E-state index contributed by atoms with van der Waals surface area (Å²) in [5.41, 5.74) is 1.14. The molecule has 150 valence electrons. The lowest BCUT2D eigenvalue weighted by atomic mass is 10.0. The highest BCUT2D eigenvalue weighted by atomic mass is 79.9. The third-order valence-electron chi connectivity index (χ3n) is 4.75. The third-order valence-corrected chi connectivity index (χ3v) is 5.27. The van der Waals surface area contributed by atoms with Crippen molar-refractivity contribution in [1.29, 1.82) is 0 Å². The van der Waals surface area contributed by atoms with Crippen LogP contribution in [0.2, 0.25) is 0 Å². The molecule has 29 heavy (non-hydrogen) atoms. The number of ketones is 1. The van der Waals surface area contributed by atoms with Gasteiger partial charge in [0.05, 0.1) is 10.9 Å². The van der Waals surface area contributed by atoms with Gasteiger partial charge in [0.15, 0.2) is 5.78 Å². The van der Waals surface area contributed by atoms with Crippen LogP contribution in [0.1, 0.15) is 41.9 Å². The van der Waals surface area contributed by atoms with Gasteiger partial charge in [0.2, 0.25) is 11.3 Å². The van der Waals surface area contributed by atoms with E-state index in [9.17, 15) is 14.4 Å². The molecule has 0 aliphatic heterocycles. The molecule has 0 spiro atoms. The Morgan fingerprint density at radius 2 is 1.86 bits per heavy atom. The molecule has 2 heterocycles. The summed E-state index contributed by atoms with van der Waals surface area (Å²) in [6.07, 6.45) is 2.25. The fraction of sp³-hybridized carbons (Fsp3) is 0.273. The van der Waals surface area contributed by atoms with E-state index in [0.29, 0.717) is 16.6 Å². The minimum atomic E-state index is -0.390. The van der Waals surface area contributed by atoms with Gasteiger partial charge in [-0.05, 0) is 56.7 Å². The van der Waals surface area contributed by atoms with E-state index >= 15 is 0 Å². The Hall–Kier alpha value is -2.80. The highest BCUT2D eigenvalue weighted by molar-refractivity contribution is 9.10. The number of nitrogens with one attached hydrogen (secondary N) is 1. The number of pyridine rings is 2. The lowest BCUT2D eigenvalue weighted by Gasteiger charge is -2.15. The largest absolute Gasteiger partial charge is 0.352 e. The zero-order valence-corrected chi connectivity index (χ0v) is 18.1. The summed E-state index contributed by atoms with van der Waals surface area (Å²) >= 11 is 3.34. The fourth-order valence-electron chi connectivity index (χ4n) is 2.98. The molecule has 0 fully saturated rings. The smallest absolute Gasteiger partial charge is 0.240 e. The number of hydrogen-bond acceptors (Lipinski definition) is 4. The standard InChI is InChI=1S/C22H22BrN3O3/c1-4-13(2)24-19(27)12-26-11-18(20(28)15-6-8-16(23)9-7-15)21(29)17-10-5-14(3)25-22(17)26/h5-11,13H,4,12H2,1-3H3,(H,24,27)/t13-/m1/s1. The van der Waals surface area contributed by atoms with E-state index in [2.05, 4.69) is 26.2 Å². The van der Waals surface area contributed by atoms with Crippen molar-refractivity contribution < 1.29 is 9.59 Å². The molecule has 1 atom stereocenters. The quantitative estimate of drug-likeness (QED) is 0.575. The molecule has 6 nitrogen and oxygen atoms in total. The second-order valence-corrected chi connectivity index (χ2v) is 7.95. The first-order valence-electron chi connectivity index (χ1n) is 9.40. The Morgan fingerprint density at radius 3 is 2.52 bits per heavy atom. The number of nitrogens with zero attached hydrogens (tertiary/aromatic N) is 2. The first-order chi connectivity index (χ1) is 13.8. The van der Waals surface area contributed by atoms with Crippen LogP contribution < -0.4 is 10.7 Å². The highest BCUT2D eigenvalue weighted by Crippen LogP contribution is 2.16. The molecule has 2 aromatic heterocycles. The maximum atomic E-state index is 13.0. The number of fused-ring (bicyclic) bond motifs is 1. The predicted octanol–water partition coefficient (Wildman–Crippen LogP) is 3.61. The van der Waals surface area contributed by atoms with E-state index in [1.165, 1.54) is 6.20 Å². The number of aromatic nitrogens is 2. The number of rotatable bonds is 6. The SMILES string of the molecule is CC[C@@H](C)NC(=O)Cn1cc(C(=O)c2ccc(Br)cc2)c(=O)c2ccc(C)nc21. The molecule has 0 aliphatic rings. The molecule has 0 saturated heterocycles. The Labute approximate surface area is 177 Å². The zero-order valence-electron chi connectivity index (χ0n) is 16.5. The summed E-state index contributed by atoms with van der Waals surface area (Å²) in [7, 11) is 0. The lowest BCUT2D eigenvalue weighted by molar-refractivity contribution is -0.122. The van der Waals surface area contributed by atoms with E-state index in [1.807, 2.05) is 20.8 Å². The number of benzene rings is 1. The van der Waals surface area contributed by atoms with Crippen LogP contribution >= 0.6 is 15.9 Å². The summed E-state index contributed by atoms with van der Waals surface area (Å²) in [5, 5.41) is 3.22. The lowest BCUT2D eigenvalue weighted by Crippen LogP contribution is -2.35. The van der Waals surface area contributed by atoms with Crippen LogP contribution in [0, 0.1) is 6.92 Å². The fourth-order valence-corrected chi connectivity index (χ4v) is 3.24. The maximum Gasteiger partial charge on any atom is 0.240 e. The van der Waals surface area contributed by atoms with Gasteiger partial charge in [0.1, 0.15) is 12.2 Å². The number of aryl methyl sites for hydroxylation is 1. The van der Waals surface area contributed by atoms with Crippen molar-refractivity contribution in [1.82, 2.24) is 14.9 Å². The van der Waals surface area contributed by atoms with Gasteiger partial charge in [-0.15, -0.1) is 0 Å². The molecule has 1 amide bonds. The molecule has 7 heteroatoms. The molecule has 3 rings (SSSR count). The van der Waals surface area contributed by atoms with Crippen LogP contribution in [0.15, 0.2) is 51.9 Å². The summed E-state index contributed by atoms with van der Waals surface area (Å²) in [4.78, 5) is 42.9. The van der Waals surface area contributed by atoms with Crippen molar-refractivity contribution in [3.05, 3.63) is 74.1 Å². The Morgan fingerprint density at radius 1 is 1.17 bits per heavy atom. The first-order valence-corrected chi connectivity index (χ1v) is 10.2. The van der Waals surface area contributed by atoms with Crippen LogP contribution in [0.25, 0.3) is 11.0 Å². The van der Waals surface area contributed by atoms with Gasteiger partial charge in [-0.1, -0.05) is 22.9 Å². The first kappa shape index (κ1) is 20.9. The molecule has 3 aromatic rings. The second-order valence-electron chi connectivity index (χ2n) is 7.04. The van der Waals surface area contributed by atoms with Crippen molar-refractivity contribution >= 4 is 38.7 Å². The van der Waals surface area contributed by atoms with Crippen molar-refractivity contribution in [2.45, 2.75) is 39.8 Å². The number of hydrogen-bond donors (Lipinski definition) is 1. The summed E-state index contributed by atoms with van der Waals surface area (Å²) in [5.74, 6) is -0.587. The number of carbonyl (C=O) groups excluding carboxylic acids is 2. The van der Waals surface area contributed by atoms with Crippen molar-refractivity contribution in [3.63, 3.8) is 0 Å². The maximum absolute atomic E-state index is 13.0. The molecule has 0 saturated carbocycles. The summed E-state index contributed by atoms with van der Waals surface area (Å²) in [6.45, 7) is 5.69. The van der Waals surface area contributed by atoms with Gasteiger partial charge in [0, 0.05) is 28.0 Å². The minimum absolute atomic E-state index is 0.0156. The van der Waals surface area contributed by atoms with Crippen LogP contribution in [-0.4, -0.2) is 27.3 Å². The average Bonchev–Trinajstić information content (AvgIpc) is 2.70. The molecule has 0 aliphatic carbocycles. The molecular weight excluding hydrogens is 434 g/mol. The molecule has 0 bridgehead atoms. The highest BCUT2D eigenvalue weighted by Gasteiger charge is 2.19. The average molecular weight is 456 g/mol. The van der Waals surface area contributed by atoms with Gasteiger partial charge in [0.25, 0.3) is 0 Å². The number of halogens is 1. The van der Waals surface area contributed by atoms with E-state index < -0.39 is 0 Å².